The van der Waals surface area contributed by atoms with Crippen LogP contribution in [0.1, 0.15) is 5.56 Å². The molecule has 0 unspecified atom stereocenters. The molecule has 0 radical (unpaired) electrons. The average Bonchev–Trinajstić information content (AvgIpc) is 2.82. The van der Waals surface area contributed by atoms with E-state index in [9.17, 15) is 18.5 Å². The summed E-state index contributed by atoms with van der Waals surface area (Å²) in [5.74, 6) is 0. The quantitative estimate of drug-likeness (QED) is 0.617. The summed E-state index contributed by atoms with van der Waals surface area (Å²) in [6.45, 7) is 1.58. The number of nitro groups is 1. The number of hydrogen-bond acceptors (Lipinski definition) is 5. The molecule has 0 spiro atoms. The Balaban J connectivity index is 2.64. The number of aryl methyl sites for hydroxylation is 1. The molecule has 2 rings (SSSR count). The summed E-state index contributed by atoms with van der Waals surface area (Å²) in [6, 6.07) is 3.72. The predicted molar refractivity (Wildman–Crippen MR) is 62.6 cm³/mol. The Hall–Kier alpha value is -2.22. The third-order valence-electron chi connectivity index (χ3n) is 2.42. The van der Waals surface area contributed by atoms with Crippen molar-refractivity contribution < 1.29 is 13.3 Å². The Labute approximate surface area is 103 Å². The van der Waals surface area contributed by atoms with Crippen LogP contribution in [-0.4, -0.2) is 22.3 Å². The minimum absolute atomic E-state index is 0.102. The SMILES string of the molecule is Cc1ccc([N+](=O)[O-])cc1S(=O)(=O)n1ccnc1. The Morgan fingerprint density at radius 2 is 2.11 bits per heavy atom. The standard InChI is InChI=1S/C10H9N3O4S/c1-8-2-3-9(13(14)15)6-10(8)18(16,17)12-5-4-11-7-12/h2-7H,1H3. The third kappa shape index (κ3) is 1.97. The van der Waals surface area contributed by atoms with Gasteiger partial charge in [-0.3, -0.25) is 10.1 Å². The summed E-state index contributed by atoms with van der Waals surface area (Å²) in [4.78, 5) is 13.6. The number of benzene rings is 1. The van der Waals surface area contributed by atoms with Crippen molar-refractivity contribution in [1.82, 2.24) is 8.96 Å². The highest BCUT2D eigenvalue weighted by atomic mass is 32.2. The van der Waals surface area contributed by atoms with Crippen molar-refractivity contribution in [3.8, 4) is 0 Å². The van der Waals surface area contributed by atoms with Gasteiger partial charge in [-0.05, 0) is 12.5 Å². The molecule has 7 nitrogen and oxygen atoms in total. The highest BCUT2D eigenvalue weighted by Gasteiger charge is 2.21. The van der Waals surface area contributed by atoms with E-state index >= 15 is 0 Å². The zero-order valence-electron chi connectivity index (χ0n) is 9.35. The van der Waals surface area contributed by atoms with Crippen LogP contribution in [0, 0.1) is 17.0 Å². The van der Waals surface area contributed by atoms with E-state index in [2.05, 4.69) is 4.98 Å². The molecular weight excluding hydrogens is 258 g/mol. The smallest absolute Gasteiger partial charge is 0.258 e. The summed E-state index contributed by atoms with van der Waals surface area (Å²) in [6.07, 6.45) is 3.73. The number of nitro benzene ring substituents is 1. The zero-order chi connectivity index (χ0) is 13.3. The molecule has 18 heavy (non-hydrogen) atoms. The third-order valence-corrected chi connectivity index (χ3v) is 4.18. The minimum atomic E-state index is -3.83. The Bertz CT molecular complexity index is 692. The number of non-ortho nitro benzene ring substituents is 1. The van der Waals surface area contributed by atoms with Crippen molar-refractivity contribution in [1.29, 1.82) is 0 Å². The van der Waals surface area contributed by atoms with Crippen molar-refractivity contribution in [2.75, 3.05) is 0 Å². The molecule has 1 aromatic heterocycles. The molecule has 0 fully saturated rings. The summed E-state index contributed by atoms with van der Waals surface area (Å²) >= 11 is 0. The van der Waals surface area contributed by atoms with Gasteiger partial charge < -0.3 is 0 Å². The van der Waals surface area contributed by atoms with E-state index in [0.717, 1.165) is 16.4 Å². The number of imidazole rings is 1. The normalized spacial score (nSPS) is 11.4. The maximum absolute atomic E-state index is 12.2. The lowest BCUT2D eigenvalue weighted by atomic mass is 10.2. The average molecular weight is 267 g/mol. The fraction of sp³-hybridized carbons (Fsp3) is 0.100. The Morgan fingerprint density at radius 1 is 1.39 bits per heavy atom. The second-order valence-corrected chi connectivity index (χ2v) is 5.42. The van der Waals surface area contributed by atoms with Gasteiger partial charge in [0.15, 0.2) is 0 Å². The number of hydrogen-bond donors (Lipinski definition) is 0. The molecule has 0 aliphatic heterocycles. The molecule has 0 N–H and O–H groups in total. The fourth-order valence-corrected chi connectivity index (χ4v) is 2.85. The topological polar surface area (TPSA) is 95.1 Å². The monoisotopic (exact) mass is 267 g/mol. The Kier molecular flexibility index (Phi) is 2.87. The van der Waals surface area contributed by atoms with Crippen LogP contribution in [0.5, 0.6) is 0 Å². The van der Waals surface area contributed by atoms with Gasteiger partial charge in [0, 0.05) is 24.5 Å². The van der Waals surface area contributed by atoms with E-state index in [4.69, 9.17) is 0 Å². The van der Waals surface area contributed by atoms with Crippen molar-refractivity contribution in [3.63, 3.8) is 0 Å². The van der Waals surface area contributed by atoms with Crippen LogP contribution in [0.15, 0.2) is 41.8 Å². The summed E-state index contributed by atoms with van der Waals surface area (Å²) in [5.41, 5.74) is 0.175. The fourth-order valence-electron chi connectivity index (χ4n) is 1.48. The molecule has 0 amide bonds. The summed E-state index contributed by atoms with van der Waals surface area (Å²) < 4.78 is 25.3. The van der Waals surface area contributed by atoms with Crippen molar-refractivity contribution in [2.24, 2.45) is 0 Å². The number of rotatable bonds is 3. The molecule has 1 heterocycles. The lowest BCUT2D eigenvalue weighted by molar-refractivity contribution is -0.385. The lowest BCUT2D eigenvalue weighted by Crippen LogP contribution is -2.12. The van der Waals surface area contributed by atoms with Crippen molar-refractivity contribution >= 4 is 15.7 Å². The van der Waals surface area contributed by atoms with Crippen LogP contribution < -0.4 is 0 Å². The van der Waals surface area contributed by atoms with Gasteiger partial charge in [0.2, 0.25) is 0 Å². The predicted octanol–water partition coefficient (Wildman–Crippen LogP) is 1.34. The second-order valence-electron chi connectivity index (χ2n) is 3.60. The molecular formula is C10H9N3O4S. The van der Waals surface area contributed by atoms with E-state index in [0.29, 0.717) is 5.56 Å². The van der Waals surface area contributed by atoms with Crippen LogP contribution in [0.25, 0.3) is 0 Å². The van der Waals surface area contributed by atoms with Gasteiger partial charge in [-0.25, -0.2) is 17.4 Å². The van der Waals surface area contributed by atoms with E-state index in [1.54, 1.807) is 6.92 Å². The molecule has 8 heteroatoms. The molecule has 1 aromatic carbocycles. The van der Waals surface area contributed by atoms with Gasteiger partial charge >= 0.3 is 0 Å². The second kappa shape index (κ2) is 4.22. The first-order chi connectivity index (χ1) is 8.43. The highest BCUT2D eigenvalue weighted by Crippen LogP contribution is 2.23. The summed E-state index contributed by atoms with van der Waals surface area (Å²) in [7, 11) is -3.83. The van der Waals surface area contributed by atoms with E-state index in [1.165, 1.54) is 24.5 Å². The molecule has 0 bridgehead atoms. The van der Waals surface area contributed by atoms with Gasteiger partial charge in [-0.15, -0.1) is 0 Å². The van der Waals surface area contributed by atoms with Gasteiger partial charge in [-0.1, -0.05) is 6.07 Å². The molecule has 0 saturated carbocycles. The zero-order valence-corrected chi connectivity index (χ0v) is 10.2. The maximum Gasteiger partial charge on any atom is 0.270 e. The van der Waals surface area contributed by atoms with Crippen molar-refractivity contribution in [3.05, 3.63) is 52.6 Å². The van der Waals surface area contributed by atoms with E-state index < -0.39 is 14.9 Å². The van der Waals surface area contributed by atoms with Crippen LogP contribution in [0.3, 0.4) is 0 Å². The molecule has 2 aromatic rings. The first-order valence-electron chi connectivity index (χ1n) is 4.91. The molecule has 0 aliphatic rings. The van der Waals surface area contributed by atoms with Gasteiger partial charge in [-0.2, -0.15) is 0 Å². The molecule has 0 saturated heterocycles. The first kappa shape index (κ1) is 12.2. The molecule has 0 aliphatic carbocycles. The van der Waals surface area contributed by atoms with Gasteiger partial charge in [0.25, 0.3) is 15.7 Å². The minimum Gasteiger partial charge on any atom is -0.258 e. The van der Waals surface area contributed by atoms with Crippen LogP contribution in [0.2, 0.25) is 0 Å². The first-order valence-corrected chi connectivity index (χ1v) is 6.35. The van der Waals surface area contributed by atoms with E-state index in [-0.39, 0.29) is 10.6 Å². The Morgan fingerprint density at radius 3 is 2.67 bits per heavy atom. The molecule has 94 valence electrons. The van der Waals surface area contributed by atoms with Crippen LogP contribution in [-0.2, 0) is 10.0 Å². The number of nitrogens with zero attached hydrogens (tertiary/aromatic N) is 3. The largest absolute Gasteiger partial charge is 0.270 e. The van der Waals surface area contributed by atoms with Crippen LogP contribution in [0.4, 0.5) is 5.69 Å². The highest BCUT2D eigenvalue weighted by molar-refractivity contribution is 7.90. The number of aromatic nitrogens is 2. The maximum atomic E-state index is 12.2. The van der Waals surface area contributed by atoms with E-state index in [1.807, 2.05) is 0 Å². The summed E-state index contributed by atoms with van der Waals surface area (Å²) in [5, 5.41) is 10.7. The van der Waals surface area contributed by atoms with Crippen molar-refractivity contribution in [2.45, 2.75) is 11.8 Å². The molecule has 0 atom stereocenters. The van der Waals surface area contributed by atoms with Gasteiger partial charge in [0.05, 0.1) is 9.82 Å². The lowest BCUT2D eigenvalue weighted by Gasteiger charge is -2.07. The van der Waals surface area contributed by atoms with Crippen LogP contribution >= 0.6 is 0 Å². The van der Waals surface area contributed by atoms with Gasteiger partial charge in [0.1, 0.15) is 6.33 Å².